The summed E-state index contributed by atoms with van der Waals surface area (Å²) in [4.78, 5) is 29.7. The Bertz CT molecular complexity index is 1810. The van der Waals surface area contributed by atoms with Gasteiger partial charge in [-0.25, -0.2) is 14.5 Å². The van der Waals surface area contributed by atoms with Crippen molar-refractivity contribution >= 4 is 11.9 Å². The number of halogens is 3. The van der Waals surface area contributed by atoms with Gasteiger partial charge in [0.05, 0.1) is 5.69 Å². The van der Waals surface area contributed by atoms with Gasteiger partial charge in [-0.05, 0) is 61.2 Å². The van der Waals surface area contributed by atoms with Gasteiger partial charge in [0.2, 0.25) is 5.88 Å². The zero-order chi connectivity index (χ0) is 30.7. The number of carbonyl (C=O) groups excluding carboxylic acids is 1. The number of anilines is 1. The molecule has 0 atom stereocenters. The van der Waals surface area contributed by atoms with Gasteiger partial charge < -0.3 is 14.6 Å². The van der Waals surface area contributed by atoms with Gasteiger partial charge in [0.1, 0.15) is 17.6 Å². The smallest absolute Gasteiger partial charge is 0.406 e. The van der Waals surface area contributed by atoms with Gasteiger partial charge >= 0.3 is 12.4 Å². The van der Waals surface area contributed by atoms with Crippen molar-refractivity contribution in [2.24, 2.45) is 7.05 Å². The molecule has 43 heavy (non-hydrogen) atoms. The van der Waals surface area contributed by atoms with Gasteiger partial charge in [-0.15, -0.1) is 18.3 Å². The number of rotatable bonds is 8. The largest absolute Gasteiger partial charge is 0.573 e. The number of nitrogens with one attached hydrogen (secondary N) is 2. The number of nitrogens with zero attached hydrogens (tertiary/aromatic N) is 4. The average Bonchev–Trinajstić information content (AvgIpc) is 3.55. The third-order valence-electron chi connectivity index (χ3n) is 6.58. The Labute approximate surface area is 243 Å². The van der Waals surface area contributed by atoms with Crippen LogP contribution in [0.1, 0.15) is 16.7 Å². The van der Waals surface area contributed by atoms with Crippen LogP contribution in [0.5, 0.6) is 5.75 Å². The van der Waals surface area contributed by atoms with E-state index < -0.39 is 12.4 Å². The summed E-state index contributed by atoms with van der Waals surface area (Å²) >= 11 is 0. The molecule has 3 aromatic carbocycles. The molecule has 2 amide bonds. The first-order valence-electron chi connectivity index (χ1n) is 13.2. The third-order valence-corrected chi connectivity index (χ3v) is 6.58. The molecule has 0 radical (unpaired) electrons. The van der Waals surface area contributed by atoms with Crippen molar-refractivity contribution in [3.63, 3.8) is 0 Å². The lowest BCUT2D eigenvalue weighted by molar-refractivity contribution is -0.274. The second kappa shape index (κ2) is 11.9. The van der Waals surface area contributed by atoms with Gasteiger partial charge in [-0.1, -0.05) is 48.0 Å². The Kier molecular flexibility index (Phi) is 8.06. The summed E-state index contributed by atoms with van der Waals surface area (Å²) in [6, 6.07) is 18.0. The number of urea groups is 1. The molecular weight excluding hydrogens is 565 g/mol. The Morgan fingerprint density at radius 1 is 1.02 bits per heavy atom. The maximum Gasteiger partial charge on any atom is 0.573 e. The summed E-state index contributed by atoms with van der Waals surface area (Å²) in [6.45, 7) is 4.13. The van der Waals surface area contributed by atoms with E-state index in [1.54, 1.807) is 0 Å². The molecule has 10 nitrogen and oxygen atoms in total. The van der Waals surface area contributed by atoms with E-state index >= 15 is 0 Å². The van der Waals surface area contributed by atoms with Crippen LogP contribution < -0.4 is 20.9 Å². The second-order valence-electron chi connectivity index (χ2n) is 9.80. The monoisotopic (exact) mass is 592 g/mol. The summed E-state index contributed by atoms with van der Waals surface area (Å²) in [5.74, 6) is 0.178. The summed E-state index contributed by atoms with van der Waals surface area (Å²) in [6.07, 6.45) is -2.76. The molecule has 5 aromatic rings. The van der Waals surface area contributed by atoms with Crippen molar-refractivity contribution in [2.75, 3.05) is 11.9 Å². The molecule has 2 N–H and O–H groups in total. The predicted molar refractivity (Wildman–Crippen MR) is 153 cm³/mol. The van der Waals surface area contributed by atoms with E-state index in [1.165, 1.54) is 42.3 Å². The lowest BCUT2D eigenvalue weighted by Gasteiger charge is -2.09. The van der Waals surface area contributed by atoms with Crippen molar-refractivity contribution in [1.82, 2.24) is 24.8 Å². The van der Waals surface area contributed by atoms with E-state index in [1.807, 2.05) is 56.3 Å². The average molecular weight is 593 g/mol. The van der Waals surface area contributed by atoms with Crippen LogP contribution in [0.15, 0.2) is 82.4 Å². The minimum atomic E-state index is -4.76. The highest BCUT2D eigenvalue weighted by atomic mass is 19.4. The van der Waals surface area contributed by atoms with Crippen molar-refractivity contribution < 1.29 is 27.2 Å². The van der Waals surface area contributed by atoms with E-state index in [2.05, 4.69) is 25.5 Å². The SMILES string of the molecule is Cc1ccc(C)c(-c2c(NC(=O)NCCc3ccc(-c4ncn(-c5ccc(OC(F)(F)F)cc5)n4)cc3)on(C)c2=O)c1. The number of hydrogen-bond donors (Lipinski definition) is 2. The van der Waals surface area contributed by atoms with Crippen LogP contribution in [0, 0.1) is 13.8 Å². The zero-order valence-electron chi connectivity index (χ0n) is 23.4. The minimum absolute atomic E-state index is 0.0700. The van der Waals surface area contributed by atoms with Crippen LogP contribution in [0.3, 0.4) is 0 Å². The van der Waals surface area contributed by atoms with Gasteiger partial charge in [0.25, 0.3) is 5.56 Å². The molecule has 0 unspecified atom stereocenters. The predicted octanol–water partition coefficient (Wildman–Crippen LogP) is 5.77. The number of amides is 2. The zero-order valence-corrected chi connectivity index (χ0v) is 23.4. The van der Waals surface area contributed by atoms with Crippen molar-refractivity contribution in [1.29, 1.82) is 0 Å². The molecule has 0 aliphatic rings. The van der Waals surface area contributed by atoms with Gasteiger partial charge in [0, 0.05) is 19.2 Å². The van der Waals surface area contributed by atoms with E-state index in [0.29, 0.717) is 30.0 Å². The number of aryl methyl sites for hydroxylation is 3. The molecule has 0 aliphatic carbocycles. The fourth-order valence-corrected chi connectivity index (χ4v) is 4.42. The Balaban J connectivity index is 1.17. The Morgan fingerprint density at radius 3 is 2.44 bits per heavy atom. The van der Waals surface area contributed by atoms with E-state index in [9.17, 15) is 22.8 Å². The van der Waals surface area contributed by atoms with Gasteiger partial charge in [-0.3, -0.25) is 10.1 Å². The van der Waals surface area contributed by atoms with E-state index in [0.717, 1.165) is 27.0 Å². The normalized spacial score (nSPS) is 11.4. The molecule has 5 rings (SSSR count). The van der Waals surface area contributed by atoms with Gasteiger partial charge in [0.15, 0.2) is 5.82 Å². The molecule has 222 valence electrons. The molecule has 0 fully saturated rings. The van der Waals surface area contributed by atoms with Crippen molar-refractivity contribution in [3.05, 3.63) is 100 Å². The van der Waals surface area contributed by atoms with Crippen LogP contribution in [-0.4, -0.2) is 38.4 Å². The second-order valence-corrected chi connectivity index (χ2v) is 9.80. The molecular formula is C30H27F3N6O4. The number of carbonyl (C=O) groups is 1. The van der Waals surface area contributed by atoms with Crippen LogP contribution in [0.4, 0.5) is 23.8 Å². The fourth-order valence-electron chi connectivity index (χ4n) is 4.42. The highest BCUT2D eigenvalue weighted by molar-refractivity contribution is 5.92. The summed E-state index contributed by atoms with van der Waals surface area (Å²) in [7, 11) is 1.48. The Hall–Kier alpha value is -5.33. The first-order valence-corrected chi connectivity index (χ1v) is 13.2. The summed E-state index contributed by atoms with van der Waals surface area (Å²) < 4.78 is 49.1. The lowest BCUT2D eigenvalue weighted by atomic mass is 10.0. The molecule has 0 bridgehead atoms. The molecule has 0 spiro atoms. The number of aromatic nitrogens is 4. The highest BCUT2D eigenvalue weighted by Crippen LogP contribution is 2.29. The molecule has 0 aliphatic heterocycles. The number of alkyl halides is 3. The maximum absolute atomic E-state index is 12.7. The molecule has 2 heterocycles. The molecule has 0 saturated heterocycles. The summed E-state index contributed by atoms with van der Waals surface area (Å²) in [5.41, 5.74) is 4.70. The first-order chi connectivity index (χ1) is 20.5. The number of benzene rings is 3. The van der Waals surface area contributed by atoms with Crippen LogP contribution >= 0.6 is 0 Å². The number of ether oxygens (including phenoxy) is 1. The van der Waals surface area contributed by atoms with Crippen LogP contribution in [0.25, 0.3) is 28.2 Å². The highest BCUT2D eigenvalue weighted by Gasteiger charge is 2.31. The maximum atomic E-state index is 12.7. The fraction of sp³-hybridized carbons (Fsp3) is 0.200. The number of hydrogen-bond acceptors (Lipinski definition) is 6. The van der Waals surface area contributed by atoms with Crippen molar-refractivity contribution in [3.8, 4) is 34.0 Å². The third kappa shape index (κ3) is 6.94. The molecule has 2 aromatic heterocycles. The van der Waals surface area contributed by atoms with Crippen LogP contribution in [-0.2, 0) is 13.5 Å². The quantitative estimate of drug-likeness (QED) is 0.236. The summed E-state index contributed by atoms with van der Waals surface area (Å²) in [5, 5.41) is 9.83. The van der Waals surface area contributed by atoms with Gasteiger partial charge in [-0.2, -0.15) is 4.74 Å². The first kappa shape index (κ1) is 29.2. The lowest BCUT2D eigenvalue weighted by Crippen LogP contribution is -2.30. The minimum Gasteiger partial charge on any atom is -0.406 e. The molecule has 13 heteroatoms. The van der Waals surface area contributed by atoms with Crippen LogP contribution in [0.2, 0.25) is 0 Å². The van der Waals surface area contributed by atoms with E-state index in [4.69, 9.17) is 4.52 Å². The Morgan fingerprint density at radius 2 is 1.74 bits per heavy atom. The topological polar surface area (TPSA) is 116 Å². The van der Waals surface area contributed by atoms with E-state index in [-0.39, 0.29) is 22.8 Å². The van der Waals surface area contributed by atoms with Crippen molar-refractivity contribution in [2.45, 2.75) is 26.6 Å². The molecule has 0 saturated carbocycles. The standard InChI is InChI=1S/C30H27F3N6O4/c1-18-4-5-19(2)24(16-18)25-27(43-38(3)28(25)40)36-29(41)34-15-14-20-6-8-21(9-7-20)26-35-17-39(37-26)22-10-12-23(13-11-22)42-30(31,32)33/h4-13,16-17H,14-15H2,1-3H3,(H2,34,36,41).